The minimum Gasteiger partial charge on any atom is -0.491 e. The summed E-state index contributed by atoms with van der Waals surface area (Å²) in [7, 11) is 1.60. The number of ether oxygens (including phenoxy) is 3. The summed E-state index contributed by atoms with van der Waals surface area (Å²) in [5.41, 5.74) is 0.864. The van der Waals surface area contributed by atoms with Crippen LogP contribution in [0.3, 0.4) is 0 Å². The van der Waals surface area contributed by atoms with Gasteiger partial charge in [-0.25, -0.2) is 0 Å². The Bertz CT molecular complexity index is 352. The molecule has 1 aromatic rings. The Balaban J connectivity index is 2.27. The van der Waals surface area contributed by atoms with Crippen molar-refractivity contribution in [1.82, 2.24) is 0 Å². The minimum absolute atomic E-state index is 0.169. The smallest absolute Gasteiger partial charge is 0.119 e. The highest BCUT2D eigenvalue weighted by atomic mass is 16.5. The number of benzene rings is 1. The largest absolute Gasteiger partial charge is 0.491 e. The second-order valence-corrected chi connectivity index (χ2v) is 4.53. The first kappa shape index (κ1) is 16.9. The summed E-state index contributed by atoms with van der Waals surface area (Å²) < 4.78 is 15.5. The van der Waals surface area contributed by atoms with Crippen LogP contribution in [-0.2, 0) is 9.47 Å². The normalized spacial score (nSPS) is 14.0. The molecule has 0 saturated carbocycles. The van der Waals surface area contributed by atoms with Crippen LogP contribution in [0.2, 0.25) is 0 Å². The molecule has 0 amide bonds. The van der Waals surface area contributed by atoms with E-state index in [9.17, 15) is 10.2 Å². The SMILES string of the molecule is CC[C@@H](O)c1ccc(OCC(O)COCCOC)cc1. The molecule has 114 valence electrons. The summed E-state index contributed by atoms with van der Waals surface area (Å²) in [6.07, 6.45) is -0.436. The average molecular weight is 284 g/mol. The van der Waals surface area contributed by atoms with Crippen molar-refractivity contribution < 1.29 is 24.4 Å². The van der Waals surface area contributed by atoms with Crippen LogP contribution < -0.4 is 4.74 Å². The predicted molar refractivity (Wildman–Crippen MR) is 75.9 cm³/mol. The molecule has 1 unspecified atom stereocenters. The molecule has 5 heteroatoms. The van der Waals surface area contributed by atoms with Gasteiger partial charge in [0.2, 0.25) is 0 Å². The molecule has 20 heavy (non-hydrogen) atoms. The maximum Gasteiger partial charge on any atom is 0.119 e. The van der Waals surface area contributed by atoms with Crippen molar-refractivity contribution in [3.63, 3.8) is 0 Å². The number of aliphatic hydroxyl groups excluding tert-OH is 2. The number of hydrogen-bond donors (Lipinski definition) is 2. The Hall–Kier alpha value is -1.14. The van der Waals surface area contributed by atoms with E-state index in [-0.39, 0.29) is 13.2 Å². The summed E-state index contributed by atoms with van der Waals surface area (Å²) in [6.45, 7) is 3.28. The topological polar surface area (TPSA) is 68.2 Å². The lowest BCUT2D eigenvalue weighted by atomic mass is 10.1. The quantitative estimate of drug-likeness (QED) is 0.638. The molecule has 1 rings (SSSR count). The van der Waals surface area contributed by atoms with Gasteiger partial charge in [-0.1, -0.05) is 19.1 Å². The molecule has 2 N–H and O–H groups in total. The standard InChI is InChI=1S/C15H24O5/c1-3-15(17)12-4-6-14(7-5-12)20-11-13(16)10-19-9-8-18-2/h4-7,13,15-17H,3,8-11H2,1-2H3/t13?,15-/m1/s1. The number of rotatable bonds is 10. The minimum atomic E-state index is -0.673. The van der Waals surface area contributed by atoms with Crippen molar-refractivity contribution in [1.29, 1.82) is 0 Å². The van der Waals surface area contributed by atoms with Gasteiger partial charge >= 0.3 is 0 Å². The van der Waals surface area contributed by atoms with Crippen LogP contribution >= 0.6 is 0 Å². The van der Waals surface area contributed by atoms with Crippen LogP contribution in [0.4, 0.5) is 0 Å². The van der Waals surface area contributed by atoms with Gasteiger partial charge in [0.05, 0.1) is 25.9 Å². The van der Waals surface area contributed by atoms with Gasteiger partial charge in [-0.15, -0.1) is 0 Å². The maximum atomic E-state index is 9.67. The van der Waals surface area contributed by atoms with Gasteiger partial charge in [0.25, 0.3) is 0 Å². The van der Waals surface area contributed by atoms with Gasteiger partial charge in [0.15, 0.2) is 0 Å². The Morgan fingerprint density at radius 1 is 1.05 bits per heavy atom. The van der Waals surface area contributed by atoms with E-state index in [0.717, 1.165) is 5.56 Å². The highest BCUT2D eigenvalue weighted by molar-refractivity contribution is 5.28. The zero-order valence-corrected chi connectivity index (χ0v) is 12.1. The molecule has 0 aromatic heterocycles. The van der Waals surface area contributed by atoms with E-state index in [1.54, 1.807) is 19.2 Å². The average Bonchev–Trinajstić information content (AvgIpc) is 2.49. The number of aliphatic hydroxyl groups is 2. The molecule has 0 aliphatic heterocycles. The van der Waals surface area contributed by atoms with Crippen LogP contribution in [-0.4, -0.2) is 49.9 Å². The van der Waals surface area contributed by atoms with Crippen molar-refractivity contribution in [3.8, 4) is 5.75 Å². The molecule has 0 saturated heterocycles. The summed E-state index contributed by atoms with van der Waals surface area (Å²) in [4.78, 5) is 0. The Labute approximate surface area is 120 Å². The molecule has 5 nitrogen and oxygen atoms in total. The van der Waals surface area contributed by atoms with Crippen molar-refractivity contribution in [3.05, 3.63) is 29.8 Å². The van der Waals surface area contributed by atoms with Crippen LogP contribution in [0, 0.1) is 0 Å². The Morgan fingerprint density at radius 3 is 2.35 bits per heavy atom. The van der Waals surface area contributed by atoms with E-state index < -0.39 is 12.2 Å². The zero-order chi connectivity index (χ0) is 14.8. The predicted octanol–water partition coefficient (Wildman–Crippen LogP) is 1.53. The van der Waals surface area contributed by atoms with Gasteiger partial charge in [-0.05, 0) is 24.1 Å². The fourth-order valence-corrected chi connectivity index (χ4v) is 1.62. The van der Waals surface area contributed by atoms with Crippen molar-refractivity contribution in [2.45, 2.75) is 25.6 Å². The lowest BCUT2D eigenvalue weighted by molar-refractivity contribution is -0.00420. The Kier molecular flexibility index (Phi) is 8.22. The van der Waals surface area contributed by atoms with Crippen LogP contribution in [0.15, 0.2) is 24.3 Å². The van der Waals surface area contributed by atoms with E-state index >= 15 is 0 Å². The molecule has 2 atom stereocenters. The molecule has 0 aliphatic rings. The molecule has 0 bridgehead atoms. The molecular weight excluding hydrogens is 260 g/mol. The molecule has 0 spiro atoms. The molecule has 0 radical (unpaired) electrons. The number of hydrogen-bond acceptors (Lipinski definition) is 5. The van der Waals surface area contributed by atoms with Gasteiger partial charge in [0.1, 0.15) is 18.5 Å². The molecule has 0 aliphatic carbocycles. The second kappa shape index (κ2) is 9.72. The summed E-state index contributed by atoms with van der Waals surface area (Å²) in [5.74, 6) is 0.660. The van der Waals surface area contributed by atoms with Crippen LogP contribution in [0.25, 0.3) is 0 Å². The fourth-order valence-electron chi connectivity index (χ4n) is 1.62. The van der Waals surface area contributed by atoms with E-state index in [1.165, 1.54) is 0 Å². The van der Waals surface area contributed by atoms with E-state index in [2.05, 4.69) is 0 Å². The first-order chi connectivity index (χ1) is 9.67. The monoisotopic (exact) mass is 284 g/mol. The summed E-state index contributed by atoms with van der Waals surface area (Å²) in [6, 6.07) is 7.22. The third kappa shape index (κ3) is 6.34. The first-order valence-corrected chi connectivity index (χ1v) is 6.83. The second-order valence-electron chi connectivity index (χ2n) is 4.53. The number of methoxy groups -OCH3 is 1. The van der Waals surface area contributed by atoms with E-state index in [1.807, 2.05) is 19.1 Å². The summed E-state index contributed by atoms with van der Waals surface area (Å²) >= 11 is 0. The lowest BCUT2D eigenvalue weighted by Crippen LogP contribution is -2.24. The van der Waals surface area contributed by atoms with Gasteiger partial charge in [-0.2, -0.15) is 0 Å². The van der Waals surface area contributed by atoms with Crippen LogP contribution in [0.1, 0.15) is 25.0 Å². The highest BCUT2D eigenvalue weighted by Gasteiger charge is 2.07. The molecule has 0 heterocycles. The third-order valence-corrected chi connectivity index (χ3v) is 2.84. The van der Waals surface area contributed by atoms with Gasteiger partial charge in [0, 0.05) is 7.11 Å². The van der Waals surface area contributed by atoms with E-state index in [4.69, 9.17) is 14.2 Å². The summed E-state index contributed by atoms with van der Waals surface area (Å²) in [5, 5.41) is 19.3. The first-order valence-electron chi connectivity index (χ1n) is 6.83. The van der Waals surface area contributed by atoms with Crippen molar-refractivity contribution >= 4 is 0 Å². The maximum absolute atomic E-state index is 9.67. The molecule has 0 fully saturated rings. The third-order valence-electron chi connectivity index (χ3n) is 2.84. The van der Waals surface area contributed by atoms with Crippen molar-refractivity contribution in [2.24, 2.45) is 0 Å². The van der Waals surface area contributed by atoms with Crippen molar-refractivity contribution in [2.75, 3.05) is 33.5 Å². The fraction of sp³-hybridized carbons (Fsp3) is 0.600. The van der Waals surface area contributed by atoms with Crippen LogP contribution in [0.5, 0.6) is 5.75 Å². The van der Waals surface area contributed by atoms with E-state index in [0.29, 0.717) is 25.4 Å². The highest BCUT2D eigenvalue weighted by Crippen LogP contribution is 2.19. The van der Waals surface area contributed by atoms with Gasteiger partial charge < -0.3 is 24.4 Å². The molecule has 1 aromatic carbocycles. The Morgan fingerprint density at radius 2 is 1.75 bits per heavy atom. The lowest BCUT2D eigenvalue weighted by Gasteiger charge is -2.13. The zero-order valence-electron chi connectivity index (χ0n) is 12.1. The molecular formula is C15H24O5. The van der Waals surface area contributed by atoms with Gasteiger partial charge in [-0.3, -0.25) is 0 Å².